The molecule has 0 unspecified atom stereocenters. The molecule has 0 saturated heterocycles. The Hall–Kier alpha value is -2.19. The summed E-state index contributed by atoms with van der Waals surface area (Å²) in [6.07, 6.45) is 0. The summed E-state index contributed by atoms with van der Waals surface area (Å²) in [5.41, 5.74) is 9.87. The highest BCUT2D eigenvalue weighted by Gasteiger charge is 2.05. The number of hydrogen-bond acceptors (Lipinski definition) is 2. The third kappa shape index (κ3) is 2.81. The van der Waals surface area contributed by atoms with E-state index in [0.29, 0.717) is 6.54 Å². The summed E-state index contributed by atoms with van der Waals surface area (Å²) in [5, 5.41) is 6.60. The molecule has 0 aliphatic rings. The Morgan fingerprint density at radius 1 is 1.05 bits per heavy atom. The second-order valence-electron chi connectivity index (χ2n) is 5.18. The minimum Gasteiger partial charge on any atom is -0.397 e. The number of aryl methyl sites for hydroxylation is 1. The van der Waals surface area contributed by atoms with Crippen LogP contribution in [0.1, 0.15) is 11.1 Å². The van der Waals surface area contributed by atoms with Crippen LogP contribution >= 0.6 is 11.6 Å². The van der Waals surface area contributed by atoms with Crippen molar-refractivity contribution in [1.82, 2.24) is 0 Å². The van der Waals surface area contributed by atoms with Crippen LogP contribution in [0.2, 0.25) is 5.02 Å². The first kappa shape index (κ1) is 13.8. The van der Waals surface area contributed by atoms with Crippen molar-refractivity contribution < 1.29 is 0 Å². The van der Waals surface area contributed by atoms with Crippen molar-refractivity contribution in [2.75, 3.05) is 11.1 Å². The van der Waals surface area contributed by atoms with E-state index in [1.807, 2.05) is 19.1 Å². The van der Waals surface area contributed by atoms with Gasteiger partial charge in [0.2, 0.25) is 0 Å². The predicted octanol–water partition coefficient (Wildman–Crippen LogP) is 5.00. The lowest BCUT2D eigenvalue weighted by atomic mass is 10.0. The van der Waals surface area contributed by atoms with Gasteiger partial charge < -0.3 is 11.1 Å². The van der Waals surface area contributed by atoms with Crippen LogP contribution in [-0.4, -0.2) is 0 Å². The van der Waals surface area contributed by atoms with E-state index in [-0.39, 0.29) is 0 Å². The lowest BCUT2D eigenvalue weighted by molar-refractivity contribution is 1.17. The topological polar surface area (TPSA) is 38.0 Å². The van der Waals surface area contributed by atoms with Crippen molar-refractivity contribution >= 4 is 33.7 Å². The highest BCUT2D eigenvalue weighted by atomic mass is 35.5. The van der Waals surface area contributed by atoms with Crippen LogP contribution in [0.4, 0.5) is 11.4 Å². The molecule has 3 aromatic rings. The van der Waals surface area contributed by atoms with Crippen LogP contribution in [0.5, 0.6) is 0 Å². The van der Waals surface area contributed by atoms with Gasteiger partial charge in [0.15, 0.2) is 0 Å². The van der Waals surface area contributed by atoms with Gasteiger partial charge in [-0.15, -0.1) is 0 Å². The average molecular weight is 297 g/mol. The van der Waals surface area contributed by atoms with Crippen LogP contribution in [0.15, 0.2) is 54.6 Å². The van der Waals surface area contributed by atoms with Crippen molar-refractivity contribution in [3.8, 4) is 0 Å². The molecule has 0 aromatic heterocycles. The average Bonchev–Trinajstić information content (AvgIpc) is 2.49. The van der Waals surface area contributed by atoms with Crippen LogP contribution < -0.4 is 11.1 Å². The lowest BCUT2D eigenvalue weighted by Crippen LogP contribution is -2.03. The van der Waals surface area contributed by atoms with Gasteiger partial charge in [0.05, 0.1) is 11.4 Å². The lowest BCUT2D eigenvalue weighted by Gasteiger charge is -2.13. The summed E-state index contributed by atoms with van der Waals surface area (Å²) >= 11 is 6.17. The molecule has 21 heavy (non-hydrogen) atoms. The molecular weight excluding hydrogens is 280 g/mol. The van der Waals surface area contributed by atoms with Crippen molar-refractivity contribution in [3.63, 3.8) is 0 Å². The molecule has 0 radical (unpaired) electrons. The van der Waals surface area contributed by atoms with Crippen LogP contribution in [0.3, 0.4) is 0 Å². The molecule has 0 heterocycles. The van der Waals surface area contributed by atoms with Crippen molar-refractivity contribution in [1.29, 1.82) is 0 Å². The van der Waals surface area contributed by atoms with E-state index in [2.05, 4.69) is 47.8 Å². The van der Waals surface area contributed by atoms with Crippen molar-refractivity contribution in [3.05, 3.63) is 70.7 Å². The third-order valence-electron chi connectivity index (χ3n) is 3.68. The van der Waals surface area contributed by atoms with Crippen molar-refractivity contribution in [2.24, 2.45) is 0 Å². The maximum absolute atomic E-state index is 6.17. The fraction of sp³-hybridized carbons (Fsp3) is 0.111. The van der Waals surface area contributed by atoms with Crippen LogP contribution in [-0.2, 0) is 6.54 Å². The number of hydrogen-bond donors (Lipinski definition) is 2. The van der Waals surface area contributed by atoms with Crippen LogP contribution in [0.25, 0.3) is 10.8 Å². The molecule has 2 nitrogen and oxygen atoms in total. The highest BCUT2D eigenvalue weighted by Crippen LogP contribution is 2.28. The Labute approximate surface area is 129 Å². The standard InChI is InChI=1S/C18H17ClN2/c1-12-9-17(20)18(10-16(12)19)21-11-14-7-4-6-13-5-2-3-8-15(13)14/h2-10,21H,11,20H2,1H3. The molecule has 0 bridgehead atoms. The quantitative estimate of drug-likeness (QED) is 0.668. The molecule has 3 heteroatoms. The molecule has 0 fully saturated rings. The SMILES string of the molecule is Cc1cc(N)c(NCc2cccc3ccccc23)cc1Cl. The van der Waals surface area contributed by atoms with Gasteiger partial charge in [0, 0.05) is 11.6 Å². The van der Waals surface area contributed by atoms with Gasteiger partial charge in [0.1, 0.15) is 0 Å². The van der Waals surface area contributed by atoms with E-state index in [1.54, 1.807) is 0 Å². The second-order valence-corrected chi connectivity index (χ2v) is 5.59. The van der Waals surface area contributed by atoms with Gasteiger partial charge in [-0.05, 0) is 41.0 Å². The Balaban J connectivity index is 1.89. The molecule has 3 aromatic carbocycles. The maximum Gasteiger partial charge on any atom is 0.0591 e. The Morgan fingerprint density at radius 3 is 2.67 bits per heavy atom. The maximum atomic E-state index is 6.17. The molecular formula is C18H17ClN2. The fourth-order valence-electron chi connectivity index (χ4n) is 2.49. The Morgan fingerprint density at radius 2 is 1.81 bits per heavy atom. The summed E-state index contributed by atoms with van der Waals surface area (Å²) in [7, 11) is 0. The minimum absolute atomic E-state index is 0.713. The normalized spacial score (nSPS) is 10.8. The number of benzene rings is 3. The number of fused-ring (bicyclic) bond motifs is 1. The first-order valence-corrected chi connectivity index (χ1v) is 7.29. The van der Waals surface area contributed by atoms with E-state index < -0.39 is 0 Å². The molecule has 0 saturated carbocycles. The zero-order valence-electron chi connectivity index (χ0n) is 11.9. The molecule has 0 aliphatic carbocycles. The third-order valence-corrected chi connectivity index (χ3v) is 4.09. The van der Waals surface area contributed by atoms with Gasteiger partial charge in [0.25, 0.3) is 0 Å². The number of rotatable bonds is 3. The van der Waals surface area contributed by atoms with E-state index in [1.165, 1.54) is 16.3 Å². The zero-order chi connectivity index (χ0) is 14.8. The van der Waals surface area contributed by atoms with Crippen LogP contribution in [0, 0.1) is 6.92 Å². The van der Waals surface area contributed by atoms with E-state index >= 15 is 0 Å². The van der Waals surface area contributed by atoms with Gasteiger partial charge in [-0.3, -0.25) is 0 Å². The first-order chi connectivity index (χ1) is 10.1. The summed E-state index contributed by atoms with van der Waals surface area (Å²) < 4.78 is 0. The molecule has 0 atom stereocenters. The smallest absolute Gasteiger partial charge is 0.0591 e. The zero-order valence-corrected chi connectivity index (χ0v) is 12.6. The number of nitrogens with one attached hydrogen (secondary N) is 1. The Bertz CT molecular complexity index is 791. The molecule has 0 aliphatic heterocycles. The van der Waals surface area contributed by atoms with E-state index in [4.69, 9.17) is 17.3 Å². The first-order valence-electron chi connectivity index (χ1n) is 6.91. The fourth-order valence-corrected chi connectivity index (χ4v) is 2.66. The molecule has 0 amide bonds. The van der Waals surface area contributed by atoms with Gasteiger partial charge in [-0.2, -0.15) is 0 Å². The van der Waals surface area contributed by atoms with Gasteiger partial charge in [-0.1, -0.05) is 54.1 Å². The second kappa shape index (κ2) is 5.66. The predicted molar refractivity (Wildman–Crippen MR) is 91.9 cm³/mol. The summed E-state index contributed by atoms with van der Waals surface area (Å²) in [6.45, 7) is 2.66. The summed E-state index contributed by atoms with van der Waals surface area (Å²) in [4.78, 5) is 0. The number of nitrogens with two attached hydrogens (primary N) is 1. The number of anilines is 2. The monoisotopic (exact) mass is 296 g/mol. The van der Waals surface area contributed by atoms with Crippen molar-refractivity contribution in [2.45, 2.75) is 13.5 Å². The molecule has 106 valence electrons. The van der Waals surface area contributed by atoms with E-state index in [0.717, 1.165) is 22.0 Å². The molecule has 3 rings (SSSR count). The minimum atomic E-state index is 0.713. The molecule has 3 N–H and O–H groups in total. The summed E-state index contributed by atoms with van der Waals surface area (Å²) in [6, 6.07) is 18.5. The number of halogens is 1. The van der Waals surface area contributed by atoms with Gasteiger partial charge >= 0.3 is 0 Å². The largest absolute Gasteiger partial charge is 0.397 e. The van der Waals surface area contributed by atoms with Gasteiger partial charge in [-0.25, -0.2) is 0 Å². The van der Waals surface area contributed by atoms with E-state index in [9.17, 15) is 0 Å². The Kier molecular flexibility index (Phi) is 3.72. The molecule has 0 spiro atoms. The highest BCUT2D eigenvalue weighted by molar-refractivity contribution is 6.31. The number of nitrogen functional groups attached to an aromatic ring is 1. The summed E-state index contributed by atoms with van der Waals surface area (Å²) in [5.74, 6) is 0.